The first-order chi connectivity index (χ1) is 4.41. The first-order valence-electron chi connectivity index (χ1n) is 4.20. The molecule has 1 heteroatoms. The molecule has 0 aromatic carbocycles. The average Bonchev–Trinajstić information content (AvgIpc) is 2.56. The van der Waals surface area contributed by atoms with Crippen LogP contribution in [0.2, 0.25) is 0 Å². The molecule has 0 aromatic heterocycles. The normalized spacial score (nSPS) is 46.8. The monoisotopic (exact) mass is 139 g/mol. The number of rotatable bonds is 1. The van der Waals surface area contributed by atoms with Gasteiger partial charge in [-0.25, -0.2) is 0 Å². The second-order valence-electron chi connectivity index (χ2n) is 5.09. The van der Waals surface area contributed by atoms with Crippen LogP contribution in [0.1, 0.15) is 40.0 Å². The minimum atomic E-state index is 0.194. The quantitative estimate of drug-likeness (QED) is 0.590. The van der Waals surface area contributed by atoms with Crippen LogP contribution in [-0.2, 0) is 0 Å². The standard InChI is InChI=1S/C9H17N/c1-7(2)6-9(7,10)8(3)4-5-8/h4-6,10H2,1-3H3. The Balaban J connectivity index is 2.20. The van der Waals surface area contributed by atoms with Gasteiger partial charge in [-0.05, 0) is 30.1 Å². The summed E-state index contributed by atoms with van der Waals surface area (Å²) in [5.41, 5.74) is 7.40. The van der Waals surface area contributed by atoms with Crippen LogP contribution in [0.3, 0.4) is 0 Å². The SMILES string of the molecule is CC1(C)CC1(N)C1(C)CC1. The highest BCUT2D eigenvalue weighted by molar-refractivity contribution is 5.26. The highest BCUT2D eigenvalue weighted by atomic mass is 15.0. The Morgan fingerprint density at radius 2 is 1.50 bits per heavy atom. The highest BCUT2D eigenvalue weighted by Crippen LogP contribution is 2.70. The molecule has 2 aliphatic carbocycles. The van der Waals surface area contributed by atoms with Crippen LogP contribution in [0.4, 0.5) is 0 Å². The summed E-state index contributed by atoms with van der Waals surface area (Å²) in [4.78, 5) is 0. The van der Waals surface area contributed by atoms with Crippen molar-refractivity contribution in [3.8, 4) is 0 Å². The summed E-state index contributed by atoms with van der Waals surface area (Å²) in [6.45, 7) is 6.91. The molecule has 2 rings (SSSR count). The zero-order chi connectivity index (χ0) is 7.62. The van der Waals surface area contributed by atoms with E-state index in [9.17, 15) is 0 Å². The van der Waals surface area contributed by atoms with Crippen molar-refractivity contribution in [2.24, 2.45) is 16.6 Å². The highest BCUT2D eigenvalue weighted by Gasteiger charge is 2.71. The lowest BCUT2D eigenvalue weighted by Crippen LogP contribution is -2.37. The van der Waals surface area contributed by atoms with Gasteiger partial charge in [0.1, 0.15) is 0 Å². The fourth-order valence-electron chi connectivity index (χ4n) is 2.32. The second kappa shape index (κ2) is 1.29. The smallest absolute Gasteiger partial charge is 0.0267 e. The van der Waals surface area contributed by atoms with Gasteiger partial charge in [-0.3, -0.25) is 0 Å². The third kappa shape index (κ3) is 0.531. The Kier molecular flexibility index (Phi) is 0.860. The van der Waals surface area contributed by atoms with Gasteiger partial charge in [-0.1, -0.05) is 20.8 Å². The molecule has 0 radical (unpaired) electrons. The Morgan fingerprint density at radius 3 is 1.60 bits per heavy atom. The predicted octanol–water partition coefficient (Wildman–Crippen LogP) is 1.91. The van der Waals surface area contributed by atoms with E-state index in [0.717, 1.165) is 0 Å². The van der Waals surface area contributed by atoms with E-state index in [1.807, 2.05) is 0 Å². The molecular weight excluding hydrogens is 122 g/mol. The van der Waals surface area contributed by atoms with E-state index in [1.165, 1.54) is 19.3 Å². The molecule has 58 valence electrons. The van der Waals surface area contributed by atoms with Gasteiger partial charge in [0.2, 0.25) is 0 Å². The van der Waals surface area contributed by atoms with Gasteiger partial charge < -0.3 is 5.73 Å². The summed E-state index contributed by atoms with van der Waals surface area (Å²) >= 11 is 0. The van der Waals surface area contributed by atoms with Crippen molar-refractivity contribution < 1.29 is 0 Å². The van der Waals surface area contributed by atoms with Gasteiger partial charge in [0.25, 0.3) is 0 Å². The Hall–Kier alpha value is -0.0400. The van der Waals surface area contributed by atoms with Gasteiger partial charge in [-0.2, -0.15) is 0 Å². The first kappa shape index (κ1) is 6.66. The van der Waals surface area contributed by atoms with Crippen molar-refractivity contribution in [2.75, 3.05) is 0 Å². The van der Waals surface area contributed by atoms with Crippen molar-refractivity contribution in [3.63, 3.8) is 0 Å². The lowest BCUT2D eigenvalue weighted by molar-refractivity contribution is 0.340. The van der Waals surface area contributed by atoms with Gasteiger partial charge in [0, 0.05) is 5.54 Å². The zero-order valence-electron chi connectivity index (χ0n) is 7.20. The van der Waals surface area contributed by atoms with E-state index in [4.69, 9.17) is 5.73 Å². The van der Waals surface area contributed by atoms with E-state index in [1.54, 1.807) is 0 Å². The molecule has 1 atom stereocenters. The van der Waals surface area contributed by atoms with E-state index in [2.05, 4.69) is 20.8 Å². The molecule has 2 aliphatic rings. The topological polar surface area (TPSA) is 26.0 Å². The summed E-state index contributed by atoms with van der Waals surface area (Å²) in [5.74, 6) is 0. The number of nitrogens with two attached hydrogens (primary N) is 1. The van der Waals surface area contributed by atoms with Crippen molar-refractivity contribution in [1.82, 2.24) is 0 Å². The van der Waals surface area contributed by atoms with Crippen LogP contribution in [0, 0.1) is 10.8 Å². The van der Waals surface area contributed by atoms with Crippen LogP contribution >= 0.6 is 0 Å². The van der Waals surface area contributed by atoms with Crippen molar-refractivity contribution in [2.45, 2.75) is 45.6 Å². The van der Waals surface area contributed by atoms with Crippen molar-refractivity contribution >= 4 is 0 Å². The molecule has 0 heterocycles. The van der Waals surface area contributed by atoms with E-state index in [0.29, 0.717) is 10.8 Å². The molecule has 0 amide bonds. The minimum Gasteiger partial charge on any atom is -0.324 e. The summed E-state index contributed by atoms with van der Waals surface area (Å²) in [6, 6.07) is 0. The van der Waals surface area contributed by atoms with Crippen LogP contribution in [0.25, 0.3) is 0 Å². The second-order valence-corrected chi connectivity index (χ2v) is 5.09. The summed E-state index contributed by atoms with van der Waals surface area (Å²) in [5, 5.41) is 0. The molecule has 0 aromatic rings. The average molecular weight is 139 g/mol. The van der Waals surface area contributed by atoms with Crippen LogP contribution in [0.15, 0.2) is 0 Å². The number of hydrogen-bond donors (Lipinski definition) is 1. The predicted molar refractivity (Wildman–Crippen MR) is 42.7 cm³/mol. The largest absolute Gasteiger partial charge is 0.324 e. The molecule has 0 spiro atoms. The fourth-order valence-corrected chi connectivity index (χ4v) is 2.32. The molecule has 2 saturated carbocycles. The van der Waals surface area contributed by atoms with Crippen LogP contribution in [-0.4, -0.2) is 5.54 Å². The Bertz CT molecular complexity index is 179. The first-order valence-corrected chi connectivity index (χ1v) is 4.20. The lowest BCUT2D eigenvalue weighted by Gasteiger charge is -2.22. The number of hydrogen-bond acceptors (Lipinski definition) is 1. The summed E-state index contributed by atoms with van der Waals surface area (Å²) in [7, 11) is 0. The summed E-state index contributed by atoms with van der Waals surface area (Å²) in [6.07, 6.45) is 3.94. The Morgan fingerprint density at radius 1 is 1.10 bits per heavy atom. The van der Waals surface area contributed by atoms with Crippen molar-refractivity contribution in [1.29, 1.82) is 0 Å². The Labute approximate surface area is 63.0 Å². The van der Waals surface area contributed by atoms with Crippen LogP contribution in [0.5, 0.6) is 0 Å². The molecular formula is C9H17N. The van der Waals surface area contributed by atoms with E-state index < -0.39 is 0 Å². The van der Waals surface area contributed by atoms with Crippen molar-refractivity contribution in [3.05, 3.63) is 0 Å². The molecule has 0 bridgehead atoms. The van der Waals surface area contributed by atoms with Gasteiger partial charge in [0.15, 0.2) is 0 Å². The van der Waals surface area contributed by atoms with E-state index in [-0.39, 0.29) is 5.54 Å². The molecule has 1 nitrogen and oxygen atoms in total. The maximum Gasteiger partial charge on any atom is 0.0267 e. The molecule has 0 aliphatic heterocycles. The maximum atomic E-state index is 6.26. The lowest BCUT2D eigenvalue weighted by atomic mass is 9.90. The summed E-state index contributed by atoms with van der Waals surface area (Å²) < 4.78 is 0. The third-order valence-electron chi connectivity index (χ3n) is 3.88. The van der Waals surface area contributed by atoms with Crippen LogP contribution < -0.4 is 5.73 Å². The zero-order valence-corrected chi connectivity index (χ0v) is 7.20. The maximum absolute atomic E-state index is 6.26. The fraction of sp³-hybridized carbons (Fsp3) is 1.00. The molecule has 10 heavy (non-hydrogen) atoms. The van der Waals surface area contributed by atoms with Gasteiger partial charge in [-0.15, -0.1) is 0 Å². The molecule has 2 fully saturated rings. The third-order valence-corrected chi connectivity index (χ3v) is 3.88. The van der Waals surface area contributed by atoms with E-state index >= 15 is 0 Å². The van der Waals surface area contributed by atoms with Gasteiger partial charge in [0.05, 0.1) is 0 Å². The molecule has 2 N–H and O–H groups in total. The molecule has 0 saturated heterocycles. The molecule has 1 unspecified atom stereocenters. The minimum absolute atomic E-state index is 0.194. The van der Waals surface area contributed by atoms with Gasteiger partial charge >= 0.3 is 0 Å².